The monoisotopic (exact) mass is 232 g/mol. The summed E-state index contributed by atoms with van der Waals surface area (Å²) in [5.41, 5.74) is 2.01. The molecule has 0 radical (unpaired) electrons. The summed E-state index contributed by atoms with van der Waals surface area (Å²) in [5.74, 6) is 0.970. The first-order chi connectivity index (χ1) is 6.66. The van der Waals surface area contributed by atoms with Crippen molar-refractivity contribution in [2.75, 3.05) is 5.75 Å². The predicted molar refractivity (Wildman–Crippen MR) is 64.4 cm³/mol. The fourth-order valence-electron chi connectivity index (χ4n) is 1.44. The third-order valence-electron chi connectivity index (χ3n) is 2.32. The Labute approximate surface area is 96.1 Å². The zero-order chi connectivity index (χ0) is 10.6. The molecule has 0 amide bonds. The van der Waals surface area contributed by atoms with Gasteiger partial charge >= 0.3 is 0 Å². The lowest BCUT2D eigenvalue weighted by molar-refractivity contribution is 0.541. The Morgan fingerprint density at radius 3 is 2.50 bits per heavy atom. The van der Waals surface area contributed by atoms with Gasteiger partial charge in [-0.2, -0.15) is 17.7 Å². The molecule has 0 N–H and O–H groups in total. The normalized spacial score (nSPS) is 10.9. The van der Waals surface area contributed by atoms with Crippen LogP contribution in [0.2, 0.25) is 5.02 Å². The van der Waals surface area contributed by atoms with Crippen molar-refractivity contribution in [3.63, 3.8) is 0 Å². The number of aryl methyl sites for hydroxylation is 2. The molecule has 1 heterocycles. The van der Waals surface area contributed by atoms with Gasteiger partial charge in [0.1, 0.15) is 0 Å². The minimum Gasteiger partial charge on any atom is -0.268 e. The van der Waals surface area contributed by atoms with Crippen LogP contribution in [0, 0.1) is 13.8 Å². The first-order valence-electron chi connectivity index (χ1n) is 4.97. The van der Waals surface area contributed by atoms with E-state index in [9.17, 15) is 0 Å². The van der Waals surface area contributed by atoms with Crippen LogP contribution in [-0.2, 0) is 6.54 Å². The van der Waals surface area contributed by atoms with Crippen LogP contribution in [0.15, 0.2) is 0 Å². The molecule has 14 heavy (non-hydrogen) atoms. The summed E-state index contributed by atoms with van der Waals surface area (Å²) in [6.07, 6.45) is 3.54. The molecule has 0 bridgehead atoms. The fraction of sp³-hybridized carbons (Fsp3) is 0.700. The minimum atomic E-state index is 0.805. The molecule has 0 unspecified atom stereocenters. The maximum Gasteiger partial charge on any atom is 0.0844 e. The molecule has 1 aromatic heterocycles. The van der Waals surface area contributed by atoms with Gasteiger partial charge in [-0.25, -0.2) is 0 Å². The minimum absolute atomic E-state index is 0.805. The van der Waals surface area contributed by atoms with Crippen molar-refractivity contribution < 1.29 is 0 Å². The Morgan fingerprint density at radius 2 is 2.00 bits per heavy atom. The Kier molecular flexibility index (Phi) is 4.82. The van der Waals surface area contributed by atoms with E-state index >= 15 is 0 Å². The zero-order valence-corrected chi connectivity index (χ0v) is 10.4. The first kappa shape index (κ1) is 11.9. The zero-order valence-electron chi connectivity index (χ0n) is 8.76. The van der Waals surface area contributed by atoms with E-state index in [-0.39, 0.29) is 0 Å². The molecule has 80 valence electrons. The van der Waals surface area contributed by atoms with Crippen LogP contribution in [0.1, 0.15) is 30.7 Å². The number of thiol groups is 1. The number of unbranched alkanes of at least 4 members (excludes halogenated alkanes) is 2. The molecule has 0 aromatic carbocycles. The van der Waals surface area contributed by atoms with E-state index < -0.39 is 0 Å². The van der Waals surface area contributed by atoms with Crippen LogP contribution < -0.4 is 0 Å². The highest BCUT2D eigenvalue weighted by Crippen LogP contribution is 2.19. The van der Waals surface area contributed by atoms with E-state index in [4.69, 9.17) is 11.6 Å². The quantitative estimate of drug-likeness (QED) is 0.610. The van der Waals surface area contributed by atoms with Crippen molar-refractivity contribution in [1.82, 2.24) is 9.78 Å². The summed E-state index contributed by atoms with van der Waals surface area (Å²) >= 11 is 10.2. The largest absolute Gasteiger partial charge is 0.268 e. The molecule has 0 saturated carbocycles. The number of rotatable bonds is 5. The van der Waals surface area contributed by atoms with Crippen LogP contribution in [0.25, 0.3) is 0 Å². The van der Waals surface area contributed by atoms with Gasteiger partial charge in [0, 0.05) is 6.54 Å². The van der Waals surface area contributed by atoms with Crippen molar-refractivity contribution in [2.45, 2.75) is 39.7 Å². The Hall–Kier alpha value is -0.150. The van der Waals surface area contributed by atoms with Crippen molar-refractivity contribution in [1.29, 1.82) is 0 Å². The lowest BCUT2D eigenvalue weighted by Crippen LogP contribution is -2.02. The summed E-state index contributed by atoms with van der Waals surface area (Å²) in [6.45, 7) is 4.92. The van der Waals surface area contributed by atoms with Crippen LogP contribution in [0.3, 0.4) is 0 Å². The van der Waals surface area contributed by atoms with Gasteiger partial charge in [0.05, 0.1) is 16.4 Å². The number of hydrogen-bond acceptors (Lipinski definition) is 2. The average molecular weight is 233 g/mol. The molecule has 0 saturated heterocycles. The highest BCUT2D eigenvalue weighted by Gasteiger charge is 2.07. The summed E-state index contributed by atoms with van der Waals surface area (Å²) in [4.78, 5) is 0. The van der Waals surface area contributed by atoms with E-state index in [2.05, 4.69) is 17.7 Å². The van der Waals surface area contributed by atoms with Gasteiger partial charge in [-0.05, 0) is 32.4 Å². The maximum absolute atomic E-state index is 6.04. The molecule has 0 spiro atoms. The predicted octanol–water partition coefficient (Wildman–Crippen LogP) is 3.25. The van der Waals surface area contributed by atoms with Gasteiger partial charge in [0.2, 0.25) is 0 Å². The number of nitrogens with zero attached hydrogens (tertiary/aromatic N) is 2. The molecular formula is C10H17ClN2S. The second-order valence-electron chi connectivity index (χ2n) is 3.49. The smallest absolute Gasteiger partial charge is 0.0844 e. The fourth-order valence-corrected chi connectivity index (χ4v) is 1.80. The van der Waals surface area contributed by atoms with Crippen molar-refractivity contribution >= 4 is 24.2 Å². The van der Waals surface area contributed by atoms with Crippen LogP contribution in [0.4, 0.5) is 0 Å². The number of halogens is 1. The van der Waals surface area contributed by atoms with Crippen LogP contribution >= 0.6 is 24.2 Å². The van der Waals surface area contributed by atoms with E-state index in [0.717, 1.165) is 35.1 Å². The van der Waals surface area contributed by atoms with E-state index in [1.54, 1.807) is 0 Å². The third-order valence-corrected chi connectivity index (χ3v) is 3.18. The molecule has 1 aromatic rings. The van der Waals surface area contributed by atoms with Crippen molar-refractivity contribution in [3.8, 4) is 0 Å². The molecular weight excluding hydrogens is 216 g/mol. The summed E-state index contributed by atoms with van der Waals surface area (Å²) in [5, 5.41) is 5.18. The summed E-state index contributed by atoms with van der Waals surface area (Å²) in [6, 6.07) is 0. The van der Waals surface area contributed by atoms with E-state index in [0.29, 0.717) is 0 Å². The van der Waals surface area contributed by atoms with Gasteiger partial charge in [-0.15, -0.1) is 0 Å². The van der Waals surface area contributed by atoms with Gasteiger partial charge in [0.25, 0.3) is 0 Å². The SMILES string of the molecule is Cc1nn(CCCCCS)c(C)c1Cl. The van der Waals surface area contributed by atoms with Gasteiger partial charge < -0.3 is 0 Å². The van der Waals surface area contributed by atoms with Gasteiger partial charge in [-0.1, -0.05) is 18.0 Å². The molecule has 1 rings (SSSR count). The van der Waals surface area contributed by atoms with Gasteiger partial charge in [0.15, 0.2) is 0 Å². The number of hydrogen-bond donors (Lipinski definition) is 1. The van der Waals surface area contributed by atoms with Crippen LogP contribution in [-0.4, -0.2) is 15.5 Å². The molecule has 2 nitrogen and oxygen atoms in total. The lowest BCUT2D eigenvalue weighted by atomic mass is 10.2. The van der Waals surface area contributed by atoms with Crippen LogP contribution in [0.5, 0.6) is 0 Å². The molecule has 0 aliphatic carbocycles. The summed E-state index contributed by atoms with van der Waals surface area (Å²) in [7, 11) is 0. The van der Waals surface area contributed by atoms with E-state index in [1.807, 2.05) is 18.5 Å². The molecule has 0 aliphatic heterocycles. The van der Waals surface area contributed by atoms with Crippen molar-refractivity contribution in [2.24, 2.45) is 0 Å². The average Bonchev–Trinajstić information content (AvgIpc) is 2.41. The molecule has 0 fully saturated rings. The standard InChI is InChI=1S/C10H17ClN2S/c1-8-10(11)9(2)13(12-8)6-4-3-5-7-14/h14H,3-7H2,1-2H3. The Balaban J connectivity index is 2.47. The molecule has 0 aliphatic rings. The maximum atomic E-state index is 6.04. The lowest BCUT2D eigenvalue weighted by Gasteiger charge is -2.03. The van der Waals surface area contributed by atoms with Crippen molar-refractivity contribution in [3.05, 3.63) is 16.4 Å². The third kappa shape index (κ3) is 2.92. The van der Waals surface area contributed by atoms with Gasteiger partial charge in [-0.3, -0.25) is 4.68 Å². The second-order valence-corrected chi connectivity index (χ2v) is 4.32. The Morgan fingerprint density at radius 1 is 1.29 bits per heavy atom. The Bertz CT molecular complexity index is 297. The first-order valence-corrected chi connectivity index (χ1v) is 5.98. The molecule has 4 heteroatoms. The highest BCUT2D eigenvalue weighted by atomic mass is 35.5. The highest BCUT2D eigenvalue weighted by molar-refractivity contribution is 7.80. The van der Waals surface area contributed by atoms with E-state index in [1.165, 1.54) is 12.8 Å². The topological polar surface area (TPSA) is 17.8 Å². The second kappa shape index (κ2) is 5.66. The number of aromatic nitrogens is 2. The summed E-state index contributed by atoms with van der Waals surface area (Å²) < 4.78 is 2.00. The molecule has 0 atom stereocenters.